The zero-order valence-electron chi connectivity index (χ0n) is 30.5. The van der Waals surface area contributed by atoms with Gasteiger partial charge in [-0.15, -0.1) is 23.1 Å². The minimum Gasteiger partial charge on any atom is -0.311 e. The first-order chi connectivity index (χ1) is 27.7. The van der Waals surface area contributed by atoms with Gasteiger partial charge in [0.05, 0.1) is 5.69 Å². The maximum atomic E-state index is 3.16. The summed E-state index contributed by atoms with van der Waals surface area (Å²) in [6.45, 7) is 0. The summed E-state index contributed by atoms with van der Waals surface area (Å²) in [7, 11) is 0. The molecule has 0 bridgehead atoms. The Hall–Kier alpha value is -6.51. The summed E-state index contributed by atoms with van der Waals surface area (Å²) in [5.74, 6) is 0. The molecule has 10 rings (SSSR count). The largest absolute Gasteiger partial charge is 0.311 e. The number of fused-ring (bicyclic) bond motifs is 2. The number of hydrogen-bond acceptors (Lipinski definition) is 4. The molecule has 1 aliphatic heterocycles. The summed E-state index contributed by atoms with van der Waals surface area (Å²) >= 11 is 3.81. The summed E-state index contributed by atoms with van der Waals surface area (Å²) in [5.41, 5.74) is 13.0. The molecule has 1 unspecified atom stereocenters. The molecule has 0 aliphatic carbocycles. The van der Waals surface area contributed by atoms with Crippen molar-refractivity contribution in [1.29, 1.82) is 0 Å². The topological polar surface area (TPSA) is 6.48 Å². The number of benzene rings is 7. The standard InChI is InChI=1S/C52H36N2S2/c1-3-13-43(14-4-1)53(47-31-23-39(24-32-47)51-35-41-11-7-9-17-49(41)55-51)45-27-19-37(20-28-45)38-21-29-46(30-22-38)54(44-15-5-2-6-16-44)48-33-25-40(26-34-48)52-36-42-12-8-10-18-50(42)56-52/h1,3-5,7-34,36,51H,35H2. The molecule has 2 nitrogen and oxygen atoms in total. The van der Waals surface area contributed by atoms with Crippen LogP contribution in [0.4, 0.5) is 34.1 Å². The third-order valence-electron chi connectivity index (χ3n) is 10.5. The van der Waals surface area contributed by atoms with Gasteiger partial charge in [0.2, 0.25) is 0 Å². The van der Waals surface area contributed by atoms with E-state index < -0.39 is 0 Å². The van der Waals surface area contributed by atoms with Crippen molar-refractivity contribution in [2.24, 2.45) is 0 Å². The molecular weight excluding hydrogens is 717 g/mol. The molecule has 1 atom stereocenters. The average molecular weight is 753 g/mol. The Bertz CT molecular complexity index is 2660. The lowest BCUT2D eigenvalue weighted by Crippen LogP contribution is -2.10. The first-order valence-electron chi connectivity index (χ1n) is 18.9. The molecule has 0 N–H and O–H groups in total. The molecule has 1 aromatic heterocycles. The van der Waals surface area contributed by atoms with Crippen LogP contribution in [0.25, 0.3) is 31.7 Å². The molecule has 0 radical (unpaired) electrons. The van der Waals surface area contributed by atoms with Crippen LogP contribution in [-0.2, 0) is 6.42 Å². The quantitative estimate of drug-likeness (QED) is 0.145. The maximum absolute atomic E-state index is 3.16. The van der Waals surface area contributed by atoms with Crippen LogP contribution < -0.4 is 9.80 Å². The highest BCUT2D eigenvalue weighted by Crippen LogP contribution is 2.47. The molecular formula is C52H36N2S2. The van der Waals surface area contributed by atoms with Gasteiger partial charge in [-0.3, -0.25) is 0 Å². The fourth-order valence-electron chi connectivity index (χ4n) is 7.66. The van der Waals surface area contributed by atoms with Crippen molar-refractivity contribution >= 4 is 67.3 Å². The highest BCUT2D eigenvalue weighted by molar-refractivity contribution is 7.99. The van der Waals surface area contributed by atoms with E-state index in [0.29, 0.717) is 5.25 Å². The van der Waals surface area contributed by atoms with Crippen LogP contribution in [0.1, 0.15) is 16.4 Å². The van der Waals surface area contributed by atoms with Crippen molar-refractivity contribution in [3.8, 4) is 21.6 Å². The number of rotatable bonds is 9. The predicted octanol–water partition coefficient (Wildman–Crippen LogP) is 15.2. The second kappa shape index (κ2) is 15.0. The fourth-order valence-corrected chi connectivity index (χ4v) is 10.1. The Kier molecular flexibility index (Phi) is 9.09. The Balaban J connectivity index is 0.911. The SMILES string of the molecule is c1ccc(N(c2ccc(-c3ccc(N(c4ccccc4)c4ccc(C5Cc6ccccc6S5)cc4)cc3)cc2)c2ccc(-c3cc4ccccc4s3)cc2)cc#1. The zero-order valence-corrected chi connectivity index (χ0v) is 32.2. The number of thiophene rings is 1. The molecule has 0 saturated carbocycles. The Labute approximate surface area is 337 Å². The smallest absolute Gasteiger partial charge is 0.0551 e. The Morgan fingerprint density at radius 3 is 1.64 bits per heavy atom. The highest BCUT2D eigenvalue weighted by atomic mass is 32.2. The maximum Gasteiger partial charge on any atom is 0.0551 e. The number of thioether (sulfide) groups is 1. The molecule has 0 amide bonds. The second-order valence-electron chi connectivity index (χ2n) is 14.0. The van der Waals surface area contributed by atoms with Crippen LogP contribution in [0.15, 0.2) is 205 Å². The van der Waals surface area contributed by atoms with Crippen molar-refractivity contribution < 1.29 is 0 Å². The van der Waals surface area contributed by atoms with Gasteiger partial charge in [0.15, 0.2) is 0 Å². The van der Waals surface area contributed by atoms with Crippen LogP contribution in [0.2, 0.25) is 0 Å². The first kappa shape index (κ1) is 34.0. The van der Waals surface area contributed by atoms with E-state index in [1.165, 1.54) is 47.7 Å². The molecule has 0 spiro atoms. The van der Waals surface area contributed by atoms with Crippen molar-refractivity contribution in [2.45, 2.75) is 16.6 Å². The van der Waals surface area contributed by atoms with E-state index in [1.807, 2.05) is 35.2 Å². The van der Waals surface area contributed by atoms with Gasteiger partial charge in [-0.2, -0.15) is 0 Å². The molecule has 266 valence electrons. The molecule has 8 aromatic carbocycles. The van der Waals surface area contributed by atoms with E-state index in [2.05, 4.69) is 210 Å². The lowest BCUT2D eigenvalue weighted by Gasteiger charge is -2.26. The van der Waals surface area contributed by atoms with Gasteiger partial charge in [0, 0.05) is 54.2 Å². The van der Waals surface area contributed by atoms with Crippen LogP contribution in [-0.4, -0.2) is 0 Å². The summed E-state index contributed by atoms with van der Waals surface area (Å²) in [4.78, 5) is 7.30. The normalized spacial score (nSPS) is 13.2. The Morgan fingerprint density at radius 1 is 0.464 bits per heavy atom. The number of nitrogens with zero attached hydrogens (tertiary/aromatic N) is 2. The van der Waals surface area contributed by atoms with Crippen LogP contribution in [0, 0.1) is 12.1 Å². The van der Waals surface area contributed by atoms with Gasteiger partial charge < -0.3 is 9.80 Å². The van der Waals surface area contributed by atoms with Gasteiger partial charge in [-0.1, -0.05) is 115 Å². The van der Waals surface area contributed by atoms with Gasteiger partial charge in [-0.25, -0.2) is 0 Å². The van der Waals surface area contributed by atoms with Gasteiger partial charge in [0.1, 0.15) is 0 Å². The third-order valence-corrected chi connectivity index (χ3v) is 13.0. The lowest BCUT2D eigenvalue weighted by atomic mass is 10.0. The lowest BCUT2D eigenvalue weighted by molar-refractivity contribution is 0.949. The summed E-state index contributed by atoms with van der Waals surface area (Å²) in [6.07, 6.45) is 1.08. The molecule has 2 heterocycles. The molecule has 1 aliphatic rings. The molecule has 0 saturated heterocycles. The second-order valence-corrected chi connectivity index (χ2v) is 16.3. The van der Waals surface area contributed by atoms with Gasteiger partial charge >= 0.3 is 0 Å². The molecule has 56 heavy (non-hydrogen) atoms. The average Bonchev–Trinajstić information content (AvgIpc) is 3.91. The predicted molar refractivity (Wildman–Crippen MR) is 238 cm³/mol. The monoisotopic (exact) mass is 752 g/mol. The minimum absolute atomic E-state index is 0.451. The third kappa shape index (κ3) is 6.73. The van der Waals surface area contributed by atoms with Crippen molar-refractivity contribution in [1.82, 2.24) is 0 Å². The minimum atomic E-state index is 0.451. The number of para-hydroxylation sites is 1. The Morgan fingerprint density at radius 2 is 1.02 bits per heavy atom. The van der Waals surface area contributed by atoms with Crippen molar-refractivity contribution in [2.75, 3.05) is 9.80 Å². The molecule has 4 heteroatoms. The van der Waals surface area contributed by atoms with Crippen molar-refractivity contribution in [3.05, 3.63) is 223 Å². The summed E-state index contributed by atoms with van der Waals surface area (Å²) < 4.78 is 1.31. The summed E-state index contributed by atoms with van der Waals surface area (Å²) in [5, 5.41) is 1.74. The summed E-state index contributed by atoms with van der Waals surface area (Å²) in [6, 6.07) is 78.3. The van der Waals surface area contributed by atoms with Gasteiger partial charge in [0.25, 0.3) is 0 Å². The van der Waals surface area contributed by atoms with Crippen molar-refractivity contribution in [3.63, 3.8) is 0 Å². The zero-order chi connectivity index (χ0) is 37.3. The molecule has 9 aromatic rings. The fraction of sp³-hybridized carbons (Fsp3) is 0.0385. The molecule has 0 fully saturated rings. The van der Waals surface area contributed by atoms with E-state index in [1.54, 1.807) is 0 Å². The van der Waals surface area contributed by atoms with Crippen LogP contribution in [0.3, 0.4) is 0 Å². The van der Waals surface area contributed by atoms with E-state index in [4.69, 9.17) is 0 Å². The first-order valence-corrected chi connectivity index (χ1v) is 20.6. The number of anilines is 6. The van der Waals surface area contributed by atoms with E-state index in [0.717, 1.165) is 40.5 Å². The van der Waals surface area contributed by atoms with E-state index in [9.17, 15) is 0 Å². The van der Waals surface area contributed by atoms with Crippen LogP contribution >= 0.6 is 23.1 Å². The highest BCUT2D eigenvalue weighted by Gasteiger charge is 2.24. The van der Waals surface area contributed by atoms with Gasteiger partial charge in [-0.05, 0) is 131 Å². The van der Waals surface area contributed by atoms with Crippen LogP contribution in [0.5, 0.6) is 0 Å². The van der Waals surface area contributed by atoms with E-state index >= 15 is 0 Å². The van der Waals surface area contributed by atoms with E-state index in [-0.39, 0.29) is 0 Å². The number of hydrogen-bond donors (Lipinski definition) is 0.